The minimum atomic E-state index is 0.781. The lowest BCUT2D eigenvalue weighted by Gasteiger charge is -2.09. The van der Waals surface area contributed by atoms with Crippen LogP contribution in [0.15, 0.2) is 36.5 Å². The zero-order chi connectivity index (χ0) is 13.6. The lowest BCUT2D eigenvalue weighted by atomic mass is 9.98. The van der Waals surface area contributed by atoms with Crippen molar-refractivity contribution in [2.45, 2.75) is 13.8 Å². The summed E-state index contributed by atoms with van der Waals surface area (Å²) < 4.78 is 1.99. The molecule has 0 aliphatic carbocycles. The molecule has 3 aromatic rings. The fourth-order valence-corrected chi connectivity index (χ4v) is 2.62. The minimum Gasteiger partial charge on any atom is -0.397 e. The number of aromatic nitrogens is 2. The summed E-state index contributed by atoms with van der Waals surface area (Å²) in [7, 11) is 1.98. The topological polar surface area (TPSA) is 43.8 Å². The monoisotopic (exact) mass is 251 g/mol. The molecule has 0 spiro atoms. The summed E-state index contributed by atoms with van der Waals surface area (Å²) in [5.41, 5.74) is 12.5. The Balaban J connectivity index is 2.44. The molecule has 0 fully saturated rings. The van der Waals surface area contributed by atoms with E-state index in [2.05, 4.69) is 42.2 Å². The van der Waals surface area contributed by atoms with Crippen molar-refractivity contribution in [1.82, 2.24) is 9.55 Å². The van der Waals surface area contributed by atoms with E-state index in [0.29, 0.717) is 0 Å². The molecule has 0 amide bonds. The number of anilines is 1. The fraction of sp³-hybridized carbons (Fsp3) is 0.188. The van der Waals surface area contributed by atoms with E-state index in [0.717, 1.165) is 22.4 Å². The average molecular weight is 251 g/mol. The molecule has 0 atom stereocenters. The molecular formula is C16H17N3. The molecule has 3 rings (SSSR count). The highest BCUT2D eigenvalue weighted by Gasteiger charge is 2.13. The molecular weight excluding hydrogens is 234 g/mol. The molecule has 1 aromatic carbocycles. The maximum Gasteiger partial charge on any atom is 0.142 e. The number of benzene rings is 1. The SMILES string of the molecule is Cc1cc(-c2ccccc2C)c2c(N)cn(C)c2n1. The highest BCUT2D eigenvalue weighted by Crippen LogP contribution is 2.34. The number of hydrogen-bond acceptors (Lipinski definition) is 2. The molecule has 0 unspecified atom stereocenters. The van der Waals surface area contributed by atoms with Gasteiger partial charge in [-0.15, -0.1) is 0 Å². The van der Waals surface area contributed by atoms with Crippen molar-refractivity contribution >= 4 is 16.7 Å². The van der Waals surface area contributed by atoms with Crippen LogP contribution in [0.2, 0.25) is 0 Å². The predicted molar refractivity (Wildman–Crippen MR) is 80.0 cm³/mol. The smallest absolute Gasteiger partial charge is 0.142 e. The second kappa shape index (κ2) is 4.12. The van der Waals surface area contributed by atoms with Crippen LogP contribution in [0.4, 0.5) is 5.69 Å². The first-order chi connectivity index (χ1) is 9.08. The predicted octanol–water partition coefficient (Wildman–Crippen LogP) is 3.44. The highest BCUT2D eigenvalue weighted by atomic mass is 15.0. The van der Waals surface area contributed by atoms with Gasteiger partial charge in [-0.3, -0.25) is 0 Å². The van der Waals surface area contributed by atoms with Gasteiger partial charge in [0.1, 0.15) is 5.65 Å². The van der Waals surface area contributed by atoms with Crippen molar-refractivity contribution in [1.29, 1.82) is 0 Å². The van der Waals surface area contributed by atoms with Gasteiger partial charge in [-0.05, 0) is 36.6 Å². The number of nitrogens with zero attached hydrogens (tertiary/aromatic N) is 2. The molecule has 0 aliphatic heterocycles. The van der Waals surface area contributed by atoms with Gasteiger partial charge in [0.25, 0.3) is 0 Å². The molecule has 96 valence electrons. The lowest BCUT2D eigenvalue weighted by Crippen LogP contribution is -1.93. The molecule has 3 nitrogen and oxygen atoms in total. The Hall–Kier alpha value is -2.29. The summed E-state index contributed by atoms with van der Waals surface area (Å²) in [4.78, 5) is 4.59. The number of nitrogens with two attached hydrogens (primary N) is 1. The van der Waals surface area contributed by atoms with E-state index >= 15 is 0 Å². The van der Waals surface area contributed by atoms with Gasteiger partial charge in [0, 0.05) is 24.3 Å². The molecule has 2 N–H and O–H groups in total. The van der Waals surface area contributed by atoms with Crippen LogP contribution in [-0.2, 0) is 7.05 Å². The second-order valence-electron chi connectivity index (χ2n) is 5.02. The summed E-state index contributed by atoms with van der Waals surface area (Å²) in [6, 6.07) is 10.5. The van der Waals surface area contributed by atoms with Crippen molar-refractivity contribution in [3.05, 3.63) is 47.8 Å². The zero-order valence-electron chi connectivity index (χ0n) is 11.4. The maximum atomic E-state index is 6.15. The average Bonchev–Trinajstić information content (AvgIpc) is 2.65. The Morgan fingerprint density at radius 3 is 2.58 bits per heavy atom. The van der Waals surface area contributed by atoms with Gasteiger partial charge in [-0.2, -0.15) is 0 Å². The molecule has 0 saturated heterocycles. The zero-order valence-corrected chi connectivity index (χ0v) is 11.4. The van der Waals surface area contributed by atoms with Crippen LogP contribution in [0.1, 0.15) is 11.3 Å². The lowest BCUT2D eigenvalue weighted by molar-refractivity contribution is 0.944. The summed E-state index contributed by atoms with van der Waals surface area (Å²) in [5, 5.41) is 1.04. The summed E-state index contributed by atoms with van der Waals surface area (Å²) in [5.74, 6) is 0. The molecule has 19 heavy (non-hydrogen) atoms. The van der Waals surface area contributed by atoms with Crippen molar-refractivity contribution in [3.63, 3.8) is 0 Å². The van der Waals surface area contributed by atoms with Gasteiger partial charge < -0.3 is 10.3 Å². The van der Waals surface area contributed by atoms with Gasteiger partial charge in [0.15, 0.2) is 0 Å². The third-order valence-corrected chi connectivity index (χ3v) is 3.52. The van der Waals surface area contributed by atoms with Crippen LogP contribution >= 0.6 is 0 Å². The number of rotatable bonds is 1. The summed E-state index contributed by atoms with van der Waals surface area (Å²) in [6.45, 7) is 4.14. The van der Waals surface area contributed by atoms with Gasteiger partial charge >= 0.3 is 0 Å². The second-order valence-corrected chi connectivity index (χ2v) is 5.02. The van der Waals surface area contributed by atoms with Crippen molar-refractivity contribution < 1.29 is 0 Å². The quantitative estimate of drug-likeness (QED) is 0.720. The van der Waals surface area contributed by atoms with Crippen LogP contribution in [0.3, 0.4) is 0 Å². The Morgan fingerprint density at radius 2 is 1.84 bits per heavy atom. The normalized spacial score (nSPS) is 11.1. The highest BCUT2D eigenvalue weighted by molar-refractivity contribution is 6.02. The number of pyridine rings is 1. The van der Waals surface area contributed by atoms with Crippen molar-refractivity contribution in [3.8, 4) is 11.1 Å². The van der Waals surface area contributed by atoms with Crippen LogP contribution in [0, 0.1) is 13.8 Å². The standard InChI is InChI=1S/C16H17N3/c1-10-6-4-5-7-12(10)13-8-11(2)18-16-15(13)14(17)9-19(16)3/h4-9H,17H2,1-3H3. The van der Waals surface area contributed by atoms with E-state index in [9.17, 15) is 0 Å². The molecule has 2 aromatic heterocycles. The van der Waals surface area contributed by atoms with E-state index in [4.69, 9.17) is 5.73 Å². The molecule has 2 heterocycles. The third kappa shape index (κ3) is 1.78. The van der Waals surface area contributed by atoms with Gasteiger partial charge in [0.2, 0.25) is 0 Å². The summed E-state index contributed by atoms with van der Waals surface area (Å²) >= 11 is 0. The van der Waals surface area contributed by atoms with Gasteiger partial charge in [0.05, 0.1) is 5.69 Å². The Morgan fingerprint density at radius 1 is 1.11 bits per heavy atom. The van der Waals surface area contributed by atoms with Crippen LogP contribution in [-0.4, -0.2) is 9.55 Å². The van der Waals surface area contributed by atoms with Gasteiger partial charge in [-0.25, -0.2) is 4.98 Å². The first-order valence-electron chi connectivity index (χ1n) is 6.36. The largest absolute Gasteiger partial charge is 0.397 e. The molecule has 0 aliphatic rings. The number of aryl methyl sites for hydroxylation is 3. The van der Waals surface area contributed by atoms with E-state index in [-0.39, 0.29) is 0 Å². The Kier molecular flexibility index (Phi) is 2.56. The van der Waals surface area contributed by atoms with Crippen molar-refractivity contribution in [2.75, 3.05) is 5.73 Å². The van der Waals surface area contributed by atoms with Crippen LogP contribution < -0.4 is 5.73 Å². The first-order valence-corrected chi connectivity index (χ1v) is 6.36. The number of fused-ring (bicyclic) bond motifs is 1. The van der Waals surface area contributed by atoms with E-state index < -0.39 is 0 Å². The van der Waals surface area contributed by atoms with Crippen molar-refractivity contribution in [2.24, 2.45) is 7.05 Å². The molecule has 0 radical (unpaired) electrons. The number of hydrogen-bond donors (Lipinski definition) is 1. The molecule has 0 bridgehead atoms. The van der Waals surface area contributed by atoms with E-state index in [1.807, 2.05) is 24.7 Å². The Bertz CT molecular complexity index is 769. The maximum absolute atomic E-state index is 6.15. The van der Waals surface area contributed by atoms with Crippen LogP contribution in [0.25, 0.3) is 22.2 Å². The van der Waals surface area contributed by atoms with Crippen LogP contribution in [0.5, 0.6) is 0 Å². The van der Waals surface area contributed by atoms with Gasteiger partial charge in [-0.1, -0.05) is 24.3 Å². The molecule has 0 saturated carbocycles. The fourth-order valence-electron chi connectivity index (χ4n) is 2.62. The minimum absolute atomic E-state index is 0.781. The molecule has 3 heteroatoms. The third-order valence-electron chi connectivity index (χ3n) is 3.52. The summed E-state index contributed by atoms with van der Waals surface area (Å²) in [6.07, 6.45) is 1.93. The number of nitrogen functional groups attached to an aromatic ring is 1. The first kappa shape index (κ1) is 11.8. The van der Waals surface area contributed by atoms with E-state index in [1.54, 1.807) is 0 Å². The van der Waals surface area contributed by atoms with E-state index in [1.165, 1.54) is 16.7 Å². The Labute approximate surface area is 112 Å².